The molecule has 0 atom stereocenters. The molecule has 1 aromatic heterocycles. The predicted octanol–water partition coefficient (Wildman–Crippen LogP) is 12.2. The zero-order chi connectivity index (χ0) is 28.7. The molecule has 2 aliphatic rings. The van der Waals surface area contributed by atoms with Crippen molar-refractivity contribution in [1.82, 2.24) is 0 Å². The van der Waals surface area contributed by atoms with Gasteiger partial charge in [-0.25, -0.2) is 0 Å². The van der Waals surface area contributed by atoms with Gasteiger partial charge in [-0.15, -0.1) is 11.3 Å². The van der Waals surface area contributed by atoms with Crippen molar-refractivity contribution >= 4 is 75.7 Å². The number of thiophene rings is 1. The summed E-state index contributed by atoms with van der Waals surface area (Å²) in [6.45, 7) is 4.78. The van der Waals surface area contributed by atoms with Gasteiger partial charge in [-0.1, -0.05) is 111 Å². The first-order valence-corrected chi connectivity index (χ1v) is 16.1. The fourth-order valence-electron chi connectivity index (χ4n) is 7.66. The number of para-hydroxylation sites is 1. The van der Waals surface area contributed by atoms with Crippen molar-refractivity contribution in [3.63, 3.8) is 0 Å². The molecule has 0 amide bonds. The van der Waals surface area contributed by atoms with Gasteiger partial charge in [-0.3, -0.25) is 0 Å². The summed E-state index contributed by atoms with van der Waals surface area (Å²) in [6, 6.07) is 42.9. The molecule has 1 nitrogen and oxygen atoms in total. The van der Waals surface area contributed by atoms with E-state index in [1.807, 2.05) is 11.3 Å². The van der Waals surface area contributed by atoms with Crippen molar-refractivity contribution in [3.05, 3.63) is 144 Å². The van der Waals surface area contributed by atoms with E-state index in [0.29, 0.717) is 0 Å². The van der Waals surface area contributed by atoms with Crippen LogP contribution < -0.4 is 4.90 Å². The number of hydrogen-bond acceptors (Lipinski definition) is 2. The Balaban J connectivity index is 1.33. The lowest BCUT2D eigenvalue weighted by Crippen LogP contribution is -2.18. The van der Waals surface area contributed by atoms with E-state index < -0.39 is 0 Å². The molecule has 0 spiro atoms. The van der Waals surface area contributed by atoms with Crippen LogP contribution >= 0.6 is 11.3 Å². The minimum absolute atomic E-state index is 0.0154. The van der Waals surface area contributed by atoms with Crippen LogP contribution in [0.4, 0.5) is 17.1 Å². The number of anilines is 3. The van der Waals surface area contributed by atoms with Gasteiger partial charge < -0.3 is 4.90 Å². The molecule has 0 radical (unpaired) electrons. The van der Waals surface area contributed by atoms with E-state index in [9.17, 15) is 0 Å². The lowest BCUT2D eigenvalue weighted by Gasteiger charge is -2.29. The van der Waals surface area contributed by atoms with E-state index in [1.165, 1.54) is 81.1 Å². The zero-order valence-electron chi connectivity index (χ0n) is 24.4. The molecule has 0 N–H and O–H groups in total. The highest BCUT2D eigenvalue weighted by molar-refractivity contribution is 7.27. The smallest absolute Gasteiger partial charge is 0.0554 e. The molecular formula is C41H31NS. The van der Waals surface area contributed by atoms with Gasteiger partial charge in [0.15, 0.2) is 0 Å². The van der Waals surface area contributed by atoms with Gasteiger partial charge in [0.1, 0.15) is 0 Å². The van der Waals surface area contributed by atoms with E-state index in [2.05, 4.69) is 146 Å². The van der Waals surface area contributed by atoms with Crippen LogP contribution in [0.3, 0.4) is 0 Å². The summed E-state index contributed by atoms with van der Waals surface area (Å²) in [7, 11) is 0. The molecule has 7 aromatic rings. The average molecular weight is 570 g/mol. The molecule has 0 bridgehead atoms. The van der Waals surface area contributed by atoms with Gasteiger partial charge in [0.05, 0.1) is 5.69 Å². The van der Waals surface area contributed by atoms with Crippen LogP contribution in [-0.4, -0.2) is 0 Å². The molecule has 6 aromatic carbocycles. The standard InChI is InChI=1S/C41H31NS/c1-41(2)35-19-11-10-16-30(35)31-23-21-28(24-36(31)41)42(27-13-4-3-5-14-27)37-25-38-39(33-18-9-8-17-32(33)37)34-22-20-26-12-6-7-15-29(26)40(34)43-38/h3-9,11-15,17-25H,10,16H2,1-2H3. The van der Waals surface area contributed by atoms with Crippen LogP contribution in [0.25, 0.3) is 47.3 Å². The lowest BCUT2D eigenvalue weighted by molar-refractivity contribution is 0.651. The minimum atomic E-state index is -0.0154. The highest BCUT2D eigenvalue weighted by atomic mass is 32.1. The number of rotatable bonds is 3. The molecule has 0 aliphatic heterocycles. The fraction of sp³-hybridized carbons (Fsp3) is 0.122. The van der Waals surface area contributed by atoms with E-state index in [0.717, 1.165) is 12.8 Å². The Hall–Kier alpha value is -4.66. The summed E-state index contributed by atoms with van der Waals surface area (Å²) in [6.07, 6.45) is 6.98. The molecule has 0 unspecified atom stereocenters. The van der Waals surface area contributed by atoms with Crippen LogP contribution in [0.5, 0.6) is 0 Å². The molecule has 0 fully saturated rings. The number of benzene rings is 6. The van der Waals surface area contributed by atoms with Crippen LogP contribution in [-0.2, 0) is 5.41 Å². The van der Waals surface area contributed by atoms with Gasteiger partial charge in [0.25, 0.3) is 0 Å². The van der Waals surface area contributed by atoms with Gasteiger partial charge in [0, 0.05) is 42.3 Å². The number of allylic oxidation sites excluding steroid dienone is 4. The second-order valence-corrected chi connectivity index (χ2v) is 13.5. The Morgan fingerprint density at radius 3 is 2.30 bits per heavy atom. The minimum Gasteiger partial charge on any atom is -0.310 e. The molecule has 0 saturated carbocycles. The maximum Gasteiger partial charge on any atom is 0.0554 e. The summed E-state index contributed by atoms with van der Waals surface area (Å²) in [5, 5.41) is 7.91. The Morgan fingerprint density at radius 1 is 0.674 bits per heavy atom. The summed E-state index contributed by atoms with van der Waals surface area (Å²) in [4.78, 5) is 2.48. The largest absolute Gasteiger partial charge is 0.310 e. The van der Waals surface area contributed by atoms with Gasteiger partial charge >= 0.3 is 0 Å². The quantitative estimate of drug-likeness (QED) is 0.205. The van der Waals surface area contributed by atoms with Crippen LogP contribution in [0.2, 0.25) is 0 Å². The molecule has 1 heterocycles. The Bertz CT molecular complexity index is 2320. The number of nitrogens with zero attached hydrogens (tertiary/aromatic N) is 1. The molecule has 2 heteroatoms. The van der Waals surface area contributed by atoms with Crippen molar-refractivity contribution in [2.75, 3.05) is 4.90 Å². The summed E-state index contributed by atoms with van der Waals surface area (Å²) < 4.78 is 2.69. The first-order chi connectivity index (χ1) is 21.1. The van der Waals surface area contributed by atoms with Crippen LogP contribution in [0.1, 0.15) is 37.8 Å². The third-order valence-electron chi connectivity index (χ3n) is 9.71. The molecule has 206 valence electrons. The van der Waals surface area contributed by atoms with Gasteiger partial charge in [0.2, 0.25) is 0 Å². The van der Waals surface area contributed by atoms with Gasteiger partial charge in [-0.2, -0.15) is 0 Å². The molecule has 0 saturated heterocycles. The maximum atomic E-state index is 2.48. The fourth-order valence-corrected chi connectivity index (χ4v) is 8.95. The maximum absolute atomic E-state index is 2.48. The van der Waals surface area contributed by atoms with E-state index >= 15 is 0 Å². The molecule has 43 heavy (non-hydrogen) atoms. The SMILES string of the molecule is CC1(C)C2=C(CCC=C2)c2ccc(N(c3ccccc3)c3cc4sc5c6ccccc6ccc5c4c4ccccc34)cc21. The second kappa shape index (κ2) is 9.17. The van der Waals surface area contributed by atoms with Crippen LogP contribution in [0.15, 0.2) is 133 Å². The van der Waals surface area contributed by atoms with Crippen molar-refractivity contribution in [1.29, 1.82) is 0 Å². The van der Waals surface area contributed by atoms with Crippen molar-refractivity contribution in [3.8, 4) is 0 Å². The highest BCUT2D eigenvalue weighted by Crippen LogP contribution is 2.53. The van der Waals surface area contributed by atoms with E-state index in [-0.39, 0.29) is 5.41 Å². The molecule has 9 rings (SSSR count). The van der Waals surface area contributed by atoms with Gasteiger partial charge in [-0.05, 0) is 81.6 Å². The number of fused-ring (bicyclic) bond motifs is 9. The van der Waals surface area contributed by atoms with Crippen molar-refractivity contribution in [2.24, 2.45) is 0 Å². The third kappa shape index (κ3) is 3.57. The van der Waals surface area contributed by atoms with Crippen LogP contribution in [0, 0.1) is 0 Å². The molecular weight excluding hydrogens is 539 g/mol. The lowest BCUT2D eigenvalue weighted by atomic mass is 9.80. The summed E-state index contributed by atoms with van der Waals surface area (Å²) >= 11 is 1.92. The first kappa shape index (κ1) is 24.9. The molecule has 2 aliphatic carbocycles. The second-order valence-electron chi connectivity index (χ2n) is 12.4. The van der Waals surface area contributed by atoms with E-state index in [1.54, 1.807) is 0 Å². The Labute approximate surface area is 256 Å². The number of hydrogen-bond donors (Lipinski definition) is 0. The Kier molecular flexibility index (Phi) is 5.31. The Morgan fingerprint density at radius 2 is 1.44 bits per heavy atom. The summed E-state index contributed by atoms with van der Waals surface area (Å²) in [5.41, 5.74) is 9.46. The van der Waals surface area contributed by atoms with E-state index in [4.69, 9.17) is 0 Å². The van der Waals surface area contributed by atoms with Crippen molar-refractivity contribution in [2.45, 2.75) is 32.1 Å². The zero-order valence-corrected chi connectivity index (χ0v) is 25.2. The first-order valence-electron chi connectivity index (χ1n) is 15.3. The third-order valence-corrected chi connectivity index (χ3v) is 10.9. The monoisotopic (exact) mass is 569 g/mol. The normalized spacial score (nSPS) is 15.5. The van der Waals surface area contributed by atoms with Crippen molar-refractivity contribution < 1.29 is 0 Å². The highest BCUT2D eigenvalue weighted by Gasteiger charge is 2.37. The average Bonchev–Trinajstić information content (AvgIpc) is 3.54. The topological polar surface area (TPSA) is 3.24 Å². The predicted molar refractivity (Wildman–Crippen MR) is 187 cm³/mol. The summed E-state index contributed by atoms with van der Waals surface area (Å²) in [5.74, 6) is 0.